The van der Waals surface area contributed by atoms with Gasteiger partial charge in [0.25, 0.3) is 5.91 Å². The molecule has 11 heteroatoms. The number of pyridine rings is 1. The number of unbranched alkanes of at least 4 members (excludes halogenated alkanes) is 1. The highest BCUT2D eigenvalue weighted by Gasteiger charge is 2.19. The molecule has 4 rings (SSSR count). The lowest BCUT2D eigenvalue weighted by atomic mass is 10.0. The molecule has 1 fully saturated rings. The first-order valence-corrected chi connectivity index (χ1v) is 11.4. The maximum Gasteiger partial charge on any atom is 0.273 e. The molecule has 0 aliphatic heterocycles. The fourth-order valence-corrected chi connectivity index (χ4v) is 3.96. The number of rotatable bonds is 11. The van der Waals surface area contributed by atoms with E-state index in [9.17, 15) is 9.59 Å². The molecule has 1 aliphatic rings. The molecule has 0 atom stereocenters. The maximum absolute atomic E-state index is 12.2. The van der Waals surface area contributed by atoms with Gasteiger partial charge in [-0.1, -0.05) is 29.3 Å². The van der Waals surface area contributed by atoms with Crippen LogP contribution < -0.4 is 10.6 Å². The molecule has 3 heterocycles. The van der Waals surface area contributed by atoms with E-state index in [1.165, 1.54) is 12.8 Å². The summed E-state index contributed by atoms with van der Waals surface area (Å²) in [7, 11) is 0. The highest BCUT2D eigenvalue weighted by molar-refractivity contribution is 5.91. The Morgan fingerprint density at radius 1 is 1.00 bits per heavy atom. The van der Waals surface area contributed by atoms with E-state index in [0.717, 1.165) is 31.4 Å². The van der Waals surface area contributed by atoms with Crippen molar-refractivity contribution in [1.29, 1.82) is 0 Å². The maximum atomic E-state index is 12.2. The van der Waals surface area contributed by atoms with Crippen molar-refractivity contribution >= 4 is 17.6 Å². The Morgan fingerprint density at radius 2 is 1.76 bits per heavy atom. The third-order valence-electron chi connectivity index (χ3n) is 5.71. The van der Waals surface area contributed by atoms with Gasteiger partial charge in [-0.15, -0.1) is 10.2 Å². The van der Waals surface area contributed by atoms with Gasteiger partial charge in [0, 0.05) is 25.7 Å². The van der Waals surface area contributed by atoms with Crippen molar-refractivity contribution < 1.29 is 9.59 Å². The molecule has 174 valence electrons. The Bertz CT molecular complexity index is 1040. The molecule has 0 unspecified atom stereocenters. The number of aromatic nitrogens is 7. The second-order valence-corrected chi connectivity index (χ2v) is 8.35. The zero-order valence-corrected chi connectivity index (χ0v) is 18.6. The van der Waals surface area contributed by atoms with Gasteiger partial charge in [-0.2, -0.15) is 0 Å². The van der Waals surface area contributed by atoms with Crippen LogP contribution in [0.15, 0.2) is 36.8 Å². The summed E-state index contributed by atoms with van der Waals surface area (Å²) in [5.74, 6) is 0.733. The zero-order chi connectivity index (χ0) is 22.9. The number of amides is 2. The Balaban J connectivity index is 1.14. The van der Waals surface area contributed by atoms with Crippen molar-refractivity contribution in [1.82, 2.24) is 40.3 Å². The second kappa shape index (κ2) is 11.3. The van der Waals surface area contributed by atoms with Crippen LogP contribution in [0.2, 0.25) is 0 Å². The van der Waals surface area contributed by atoms with E-state index in [1.807, 2.05) is 18.2 Å². The highest BCUT2D eigenvalue weighted by atomic mass is 16.2. The smallest absolute Gasteiger partial charge is 0.273 e. The summed E-state index contributed by atoms with van der Waals surface area (Å²) in [5.41, 5.74) is 1.06. The standard InChI is InChI=1S/C22H29N9O2/c32-21(13-17-7-1-2-8-17)25-20-16-31(29-27-20)12-6-5-11-30-15-19(26-28-30)22(33)24-14-18-9-3-4-10-23-18/h3-4,9-10,15-17H,1-2,5-8,11-14H2,(H,24,33)(H,25,32). The van der Waals surface area contributed by atoms with Gasteiger partial charge in [-0.3, -0.25) is 23.9 Å². The van der Waals surface area contributed by atoms with Crippen LogP contribution in [0, 0.1) is 5.92 Å². The van der Waals surface area contributed by atoms with Gasteiger partial charge >= 0.3 is 0 Å². The van der Waals surface area contributed by atoms with E-state index >= 15 is 0 Å². The van der Waals surface area contributed by atoms with E-state index in [0.29, 0.717) is 37.8 Å². The summed E-state index contributed by atoms with van der Waals surface area (Å²) in [6, 6.07) is 5.55. The number of carbonyl (C=O) groups is 2. The van der Waals surface area contributed by atoms with Crippen molar-refractivity contribution in [2.45, 2.75) is 64.6 Å². The van der Waals surface area contributed by atoms with Gasteiger partial charge in [-0.05, 0) is 43.7 Å². The summed E-state index contributed by atoms with van der Waals surface area (Å²) in [4.78, 5) is 28.5. The number of aryl methyl sites for hydroxylation is 2. The zero-order valence-electron chi connectivity index (χ0n) is 18.6. The van der Waals surface area contributed by atoms with Crippen molar-refractivity contribution in [3.05, 3.63) is 48.2 Å². The van der Waals surface area contributed by atoms with Gasteiger partial charge in [0.15, 0.2) is 11.5 Å². The molecule has 0 radical (unpaired) electrons. The van der Waals surface area contributed by atoms with Crippen LogP contribution in [0.1, 0.15) is 61.1 Å². The predicted molar refractivity (Wildman–Crippen MR) is 120 cm³/mol. The fraction of sp³-hybridized carbons (Fsp3) is 0.500. The highest BCUT2D eigenvalue weighted by Crippen LogP contribution is 2.27. The lowest BCUT2D eigenvalue weighted by molar-refractivity contribution is -0.117. The third kappa shape index (κ3) is 6.93. The summed E-state index contributed by atoms with van der Waals surface area (Å²) >= 11 is 0. The van der Waals surface area contributed by atoms with E-state index in [1.54, 1.807) is 28.0 Å². The van der Waals surface area contributed by atoms with Crippen LogP contribution >= 0.6 is 0 Å². The number of nitrogens with zero attached hydrogens (tertiary/aromatic N) is 7. The second-order valence-electron chi connectivity index (χ2n) is 8.35. The molecule has 11 nitrogen and oxygen atoms in total. The minimum atomic E-state index is -0.281. The topological polar surface area (TPSA) is 133 Å². The summed E-state index contributed by atoms with van der Waals surface area (Å²) in [6.45, 7) is 1.66. The number of hydrogen-bond donors (Lipinski definition) is 2. The molecule has 1 aliphatic carbocycles. The lowest BCUT2D eigenvalue weighted by Crippen LogP contribution is -2.23. The predicted octanol–water partition coefficient (Wildman–Crippen LogP) is 2.19. The monoisotopic (exact) mass is 451 g/mol. The van der Waals surface area contributed by atoms with E-state index < -0.39 is 0 Å². The molecule has 0 saturated heterocycles. The van der Waals surface area contributed by atoms with Crippen molar-refractivity contribution in [2.75, 3.05) is 5.32 Å². The normalized spacial score (nSPS) is 13.8. The average molecular weight is 452 g/mol. The lowest BCUT2D eigenvalue weighted by Gasteiger charge is -2.07. The summed E-state index contributed by atoms with van der Waals surface area (Å²) in [5, 5.41) is 21.7. The Labute approximate surface area is 192 Å². The molecule has 1 saturated carbocycles. The van der Waals surface area contributed by atoms with Crippen LogP contribution in [-0.2, 0) is 24.4 Å². The average Bonchev–Trinajstić information content (AvgIpc) is 3.59. The molecule has 0 aromatic carbocycles. The Kier molecular flexibility index (Phi) is 7.72. The molecule has 33 heavy (non-hydrogen) atoms. The summed E-state index contributed by atoms with van der Waals surface area (Å²) in [6.07, 6.45) is 12.1. The number of carbonyl (C=O) groups excluding carboxylic acids is 2. The van der Waals surface area contributed by atoms with Gasteiger partial charge in [-0.25, -0.2) is 0 Å². The van der Waals surface area contributed by atoms with E-state index in [-0.39, 0.29) is 17.5 Å². The van der Waals surface area contributed by atoms with Gasteiger partial charge in [0.05, 0.1) is 24.6 Å². The molecule has 2 amide bonds. The fourth-order valence-electron chi connectivity index (χ4n) is 3.96. The van der Waals surface area contributed by atoms with Gasteiger partial charge in [0.2, 0.25) is 5.91 Å². The largest absolute Gasteiger partial charge is 0.345 e. The first kappa shape index (κ1) is 22.6. The molecular formula is C22H29N9O2. The van der Waals surface area contributed by atoms with E-state index in [4.69, 9.17) is 0 Å². The SMILES string of the molecule is O=C(CC1CCCC1)Nc1cn(CCCCn2cc(C(=O)NCc3ccccn3)nn2)nn1. The third-order valence-corrected chi connectivity index (χ3v) is 5.71. The molecule has 0 bridgehead atoms. The van der Waals surface area contributed by atoms with Crippen LogP contribution in [0.5, 0.6) is 0 Å². The molecular weight excluding hydrogens is 422 g/mol. The molecule has 0 spiro atoms. The molecule has 2 N–H and O–H groups in total. The van der Waals surface area contributed by atoms with Crippen molar-refractivity contribution in [3.8, 4) is 0 Å². The van der Waals surface area contributed by atoms with Gasteiger partial charge in [0.1, 0.15) is 0 Å². The Hall–Kier alpha value is -3.63. The molecule has 3 aromatic rings. The number of hydrogen-bond acceptors (Lipinski definition) is 7. The first-order valence-electron chi connectivity index (χ1n) is 11.4. The number of anilines is 1. The van der Waals surface area contributed by atoms with Crippen molar-refractivity contribution in [3.63, 3.8) is 0 Å². The van der Waals surface area contributed by atoms with Gasteiger partial charge < -0.3 is 10.6 Å². The molecule has 3 aromatic heterocycles. The Morgan fingerprint density at radius 3 is 2.52 bits per heavy atom. The minimum Gasteiger partial charge on any atom is -0.345 e. The van der Waals surface area contributed by atoms with Crippen LogP contribution in [-0.4, -0.2) is 46.8 Å². The van der Waals surface area contributed by atoms with Crippen LogP contribution in [0.4, 0.5) is 5.82 Å². The minimum absolute atomic E-state index is 0.0139. The summed E-state index contributed by atoms with van der Waals surface area (Å²) < 4.78 is 3.38. The first-order chi connectivity index (χ1) is 16.2. The quantitative estimate of drug-likeness (QED) is 0.427. The van der Waals surface area contributed by atoms with Crippen molar-refractivity contribution in [2.24, 2.45) is 5.92 Å². The van der Waals surface area contributed by atoms with E-state index in [2.05, 4.69) is 36.2 Å². The number of nitrogens with one attached hydrogen (secondary N) is 2. The van der Waals surface area contributed by atoms with Crippen LogP contribution in [0.3, 0.4) is 0 Å². The van der Waals surface area contributed by atoms with Crippen LogP contribution in [0.25, 0.3) is 0 Å².